The molecule has 1 aromatic heterocycles. The van der Waals surface area contributed by atoms with Gasteiger partial charge < -0.3 is 20.5 Å². The van der Waals surface area contributed by atoms with Gasteiger partial charge in [-0.15, -0.1) is 0 Å². The number of amides is 2. The molecular weight excluding hydrogens is 478 g/mol. The lowest BCUT2D eigenvalue weighted by atomic mass is 9.76. The predicted molar refractivity (Wildman–Crippen MR) is 137 cm³/mol. The number of aromatic amines is 1. The van der Waals surface area contributed by atoms with E-state index in [9.17, 15) is 23.2 Å². The SMILES string of the molecule is NC(=O)C1(CC2CCCCC2)CN(c2ccc(F)c(F)c2)CCN1C(=O)c1cc(=O)[nH]c2ccccc12. The summed E-state index contributed by atoms with van der Waals surface area (Å²) in [7, 11) is 0. The summed E-state index contributed by atoms with van der Waals surface area (Å²) < 4.78 is 27.7. The van der Waals surface area contributed by atoms with Crippen molar-refractivity contribution in [3.05, 3.63) is 76.1 Å². The zero-order valence-corrected chi connectivity index (χ0v) is 20.5. The minimum Gasteiger partial charge on any atom is -0.368 e. The van der Waals surface area contributed by atoms with Crippen LogP contribution in [0.5, 0.6) is 0 Å². The summed E-state index contributed by atoms with van der Waals surface area (Å²) in [6.07, 6.45) is 5.43. The average molecular weight is 509 g/mol. The zero-order valence-electron chi connectivity index (χ0n) is 20.5. The third-order valence-corrected chi connectivity index (χ3v) is 7.87. The van der Waals surface area contributed by atoms with Crippen LogP contribution >= 0.6 is 0 Å². The number of piperazine rings is 1. The van der Waals surface area contributed by atoms with Crippen LogP contribution in [0.25, 0.3) is 10.9 Å². The van der Waals surface area contributed by atoms with Gasteiger partial charge in [0.2, 0.25) is 11.5 Å². The minimum absolute atomic E-state index is 0.0524. The van der Waals surface area contributed by atoms with Gasteiger partial charge in [0.1, 0.15) is 5.54 Å². The van der Waals surface area contributed by atoms with Gasteiger partial charge in [-0.05, 0) is 30.5 Å². The standard InChI is InChI=1S/C28H30F2N4O3/c29-22-11-10-19(14-23(22)30)33-12-13-34(28(17-33,27(31)37)16-18-6-2-1-3-7-18)26(36)21-15-25(35)32-24-9-5-4-8-20(21)24/h4-5,8-11,14-15,18H,1-3,6-7,12-13,16-17H2,(H2,31,37)(H,32,35). The molecule has 2 amide bonds. The van der Waals surface area contributed by atoms with Gasteiger partial charge >= 0.3 is 0 Å². The minimum atomic E-state index is -1.38. The number of carbonyl (C=O) groups excluding carboxylic acids is 2. The molecule has 9 heteroatoms. The summed E-state index contributed by atoms with van der Waals surface area (Å²) in [6, 6.07) is 11.9. The van der Waals surface area contributed by atoms with E-state index >= 15 is 0 Å². The highest BCUT2D eigenvalue weighted by molar-refractivity contribution is 6.08. The number of aromatic nitrogens is 1. The Bertz CT molecular complexity index is 1400. The van der Waals surface area contributed by atoms with Crippen LogP contribution in [0, 0.1) is 17.6 Å². The second-order valence-corrected chi connectivity index (χ2v) is 10.2. The molecule has 1 atom stereocenters. The first kappa shape index (κ1) is 24.9. The van der Waals surface area contributed by atoms with Crippen LogP contribution in [0.1, 0.15) is 48.9 Å². The number of rotatable bonds is 5. The normalized spacial score (nSPS) is 20.8. The summed E-state index contributed by atoms with van der Waals surface area (Å²) in [5.74, 6) is -2.84. The van der Waals surface area contributed by atoms with Gasteiger partial charge in [-0.25, -0.2) is 8.78 Å². The lowest BCUT2D eigenvalue weighted by molar-refractivity contribution is -0.130. The van der Waals surface area contributed by atoms with Crippen molar-refractivity contribution < 1.29 is 18.4 Å². The Labute approximate surface area is 213 Å². The van der Waals surface area contributed by atoms with Crippen LogP contribution in [0.2, 0.25) is 0 Å². The van der Waals surface area contributed by atoms with E-state index in [2.05, 4.69) is 4.98 Å². The first-order valence-corrected chi connectivity index (χ1v) is 12.7. The molecule has 2 aliphatic rings. The molecule has 3 N–H and O–H groups in total. The molecule has 1 aliphatic heterocycles. The van der Waals surface area contributed by atoms with Gasteiger partial charge in [0, 0.05) is 41.8 Å². The van der Waals surface area contributed by atoms with E-state index in [1.54, 1.807) is 29.2 Å². The van der Waals surface area contributed by atoms with E-state index in [4.69, 9.17) is 5.73 Å². The third-order valence-electron chi connectivity index (χ3n) is 7.87. The van der Waals surface area contributed by atoms with Gasteiger partial charge in [0.05, 0.1) is 12.1 Å². The number of para-hydroxylation sites is 1. The number of nitrogens with one attached hydrogen (secondary N) is 1. The molecule has 3 aromatic rings. The molecule has 0 spiro atoms. The molecule has 1 saturated heterocycles. The van der Waals surface area contributed by atoms with Crippen LogP contribution in [0.4, 0.5) is 14.5 Å². The highest BCUT2D eigenvalue weighted by Gasteiger charge is 2.50. The molecule has 194 valence electrons. The van der Waals surface area contributed by atoms with Crippen LogP contribution < -0.4 is 16.2 Å². The van der Waals surface area contributed by atoms with E-state index in [-0.39, 0.29) is 31.1 Å². The number of pyridine rings is 1. The van der Waals surface area contributed by atoms with E-state index in [1.807, 2.05) is 0 Å². The fraction of sp³-hybridized carbons (Fsp3) is 0.393. The van der Waals surface area contributed by atoms with Crippen molar-refractivity contribution in [2.75, 3.05) is 24.5 Å². The molecule has 1 unspecified atom stereocenters. The molecule has 0 radical (unpaired) electrons. The number of primary amides is 1. The Morgan fingerprint density at radius 2 is 1.76 bits per heavy atom. The Morgan fingerprint density at radius 1 is 1.00 bits per heavy atom. The molecule has 2 heterocycles. The maximum absolute atomic E-state index is 14.1. The van der Waals surface area contributed by atoms with Gasteiger partial charge in [-0.1, -0.05) is 50.3 Å². The molecule has 1 saturated carbocycles. The maximum atomic E-state index is 14.1. The Morgan fingerprint density at radius 3 is 2.49 bits per heavy atom. The number of H-pyrrole nitrogens is 1. The van der Waals surface area contributed by atoms with Crippen molar-refractivity contribution in [3.63, 3.8) is 0 Å². The predicted octanol–water partition coefficient (Wildman–Crippen LogP) is 3.96. The van der Waals surface area contributed by atoms with E-state index < -0.39 is 34.5 Å². The maximum Gasteiger partial charge on any atom is 0.255 e. The molecule has 2 aromatic carbocycles. The van der Waals surface area contributed by atoms with Crippen LogP contribution in [-0.2, 0) is 4.79 Å². The van der Waals surface area contributed by atoms with Gasteiger partial charge in [0.15, 0.2) is 11.6 Å². The molecule has 37 heavy (non-hydrogen) atoms. The van der Waals surface area contributed by atoms with Gasteiger partial charge in [-0.2, -0.15) is 0 Å². The van der Waals surface area contributed by atoms with Gasteiger partial charge in [0.25, 0.3) is 5.91 Å². The van der Waals surface area contributed by atoms with Crippen molar-refractivity contribution >= 4 is 28.4 Å². The molecule has 2 fully saturated rings. The first-order chi connectivity index (χ1) is 17.8. The number of benzene rings is 2. The second-order valence-electron chi connectivity index (χ2n) is 10.2. The van der Waals surface area contributed by atoms with Crippen LogP contribution in [-0.4, -0.2) is 46.9 Å². The fourth-order valence-corrected chi connectivity index (χ4v) is 6.00. The Kier molecular flexibility index (Phi) is 6.70. The first-order valence-electron chi connectivity index (χ1n) is 12.7. The van der Waals surface area contributed by atoms with Crippen LogP contribution in [0.15, 0.2) is 53.3 Å². The van der Waals surface area contributed by atoms with Crippen molar-refractivity contribution in [2.24, 2.45) is 11.7 Å². The molecule has 5 rings (SSSR count). The highest BCUT2D eigenvalue weighted by Crippen LogP contribution is 2.38. The van der Waals surface area contributed by atoms with Crippen molar-refractivity contribution in [1.82, 2.24) is 9.88 Å². The molecular formula is C28H30F2N4O3. The van der Waals surface area contributed by atoms with E-state index in [0.29, 0.717) is 23.0 Å². The molecule has 0 bridgehead atoms. The summed E-state index contributed by atoms with van der Waals surface area (Å²) >= 11 is 0. The van der Waals surface area contributed by atoms with Crippen molar-refractivity contribution in [1.29, 1.82) is 0 Å². The summed E-state index contributed by atoms with van der Waals surface area (Å²) in [4.78, 5) is 45.9. The zero-order chi connectivity index (χ0) is 26.2. The number of nitrogens with zero attached hydrogens (tertiary/aromatic N) is 2. The number of hydrogen-bond donors (Lipinski definition) is 2. The molecule has 1 aliphatic carbocycles. The van der Waals surface area contributed by atoms with Crippen molar-refractivity contribution in [2.45, 2.75) is 44.1 Å². The van der Waals surface area contributed by atoms with Gasteiger partial charge in [-0.3, -0.25) is 14.4 Å². The van der Waals surface area contributed by atoms with Crippen LogP contribution in [0.3, 0.4) is 0 Å². The highest BCUT2D eigenvalue weighted by atomic mass is 19.2. The number of fused-ring (bicyclic) bond motifs is 1. The Hall–Kier alpha value is -3.75. The number of carbonyl (C=O) groups is 2. The topological polar surface area (TPSA) is 99.5 Å². The monoisotopic (exact) mass is 508 g/mol. The van der Waals surface area contributed by atoms with E-state index in [1.165, 1.54) is 17.0 Å². The smallest absolute Gasteiger partial charge is 0.255 e. The third kappa shape index (κ3) is 4.70. The average Bonchev–Trinajstić information content (AvgIpc) is 2.89. The number of anilines is 1. The second kappa shape index (κ2) is 9.95. The largest absolute Gasteiger partial charge is 0.368 e. The summed E-state index contributed by atoms with van der Waals surface area (Å²) in [5, 5.41) is 0.575. The number of hydrogen-bond acceptors (Lipinski definition) is 4. The summed E-state index contributed by atoms with van der Waals surface area (Å²) in [5.41, 5.74) is 5.45. The summed E-state index contributed by atoms with van der Waals surface area (Å²) in [6.45, 7) is 0.475. The lowest BCUT2D eigenvalue weighted by Gasteiger charge is -2.51. The quantitative estimate of drug-likeness (QED) is 0.545. The molecule has 7 nitrogen and oxygen atoms in total. The Balaban J connectivity index is 1.58. The number of halogens is 2. The fourth-order valence-electron chi connectivity index (χ4n) is 6.00. The van der Waals surface area contributed by atoms with Crippen molar-refractivity contribution in [3.8, 4) is 0 Å². The lowest BCUT2D eigenvalue weighted by Crippen LogP contribution is -2.70. The van der Waals surface area contributed by atoms with E-state index in [0.717, 1.165) is 44.2 Å². The number of nitrogens with two attached hydrogens (primary N) is 1.